The van der Waals surface area contributed by atoms with Gasteiger partial charge in [0.1, 0.15) is 53.9 Å². The number of ether oxygens (including phenoxy) is 1. The minimum atomic E-state index is -4.52. The van der Waals surface area contributed by atoms with Gasteiger partial charge in [0.2, 0.25) is 70.9 Å². The van der Waals surface area contributed by atoms with E-state index in [4.69, 9.17) is 16.3 Å². The van der Waals surface area contributed by atoms with Crippen LogP contribution >= 0.6 is 11.6 Å². The highest BCUT2D eigenvalue weighted by atomic mass is 35.5. The summed E-state index contributed by atoms with van der Waals surface area (Å²) in [4.78, 5) is 193. The first kappa shape index (κ1) is 84.7. The molecule has 25 nitrogen and oxygen atoms in total. The molecule has 3 heterocycles. The molecule has 6 fully saturated rings. The van der Waals surface area contributed by atoms with Crippen LogP contribution in [0, 0.1) is 46.8 Å². The monoisotopic (exact) mass is 1490 g/mol. The standard InChI is InChI=1S/C75H120ClF3N12O13/c1-16-47(5)62-70(101)85(11)41-61(94)86(12)54-25-19-18-22-34-90(69(54)100)57(37-49-28-26-45(3)27-29-49)68(99)84(10)40-59(92)80-53(33-31-48-30-32-51(52(76)36-48)75(77,78)79)66(97)91-39-46(4)35-55(91)65(96)82-74(43-73(6,7)44-74)72(103)89(15)63(50-23-20-21-24-50)71(102)88(14)56(67(98)83(8)9)38-60(93)87(13)58(42-104-17-2)64(95)81-62/h18-19,45-58,62-63H,16-17,20-44H2,1-15H3,(H,80,92)(H,81,95)(H,82,96)/b19-18-/t45?,46-,47-,48?,49?,51?,52?,53-,54-,55-,56-,57-,58-,62-,63-/m0/s1. The number of carbonyl (C=O) groups excluding carboxylic acids is 12. The molecule has 29 heteroatoms. The van der Waals surface area contributed by atoms with Gasteiger partial charge in [-0.1, -0.05) is 98.6 Å². The molecule has 4 saturated carbocycles. The van der Waals surface area contributed by atoms with Crippen molar-refractivity contribution in [2.45, 2.75) is 249 Å². The SMILES string of the molecule is CCOC[C@H]1C(=O)N[C@@H]([C@@H](C)CC)C(=O)N(C)CC(=O)N(C)[C@H]2C/C=C\CCN(C2=O)[C@@H](CC2CCC(C)CC2)C(=O)N(C)CC(=O)N[C@@H](CCC2CCC(C(F)(F)F)C(Cl)C2)C(=O)N2C[C@@H](C)C[C@H]2C(=O)NC2(CC(C)(C)C2)C(=O)N(C)[C@@H](C2CCCC2)C(=O)N(C)[C@H](C(=O)N(C)C)CC(=O)N1C. The van der Waals surface area contributed by atoms with Gasteiger partial charge in [-0.15, -0.1) is 11.6 Å². The predicted molar refractivity (Wildman–Crippen MR) is 385 cm³/mol. The van der Waals surface area contributed by atoms with Gasteiger partial charge in [-0.05, 0) is 131 Å². The van der Waals surface area contributed by atoms with E-state index in [1.54, 1.807) is 19.9 Å². The highest BCUT2D eigenvalue weighted by Crippen LogP contribution is 2.50. The molecule has 7 aliphatic rings. The highest BCUT2D eigenvalue weighted by Gasteiger charge is 2.59. The first-order chi connectivity index (χ1) is 48.8. The van der Waals surface area contributed by atoms with E-state index in [2.05, 4.69) is 22.9 Å². The number of nitrogens with one attached hydrogen (secondary N) is 3. The van der Waals surface area contributed by atoms with E-state index in [1.165, 1.54) is 85.8 Å². The molecule has 104 heavy (non-hydrogen) atoms. The normalized spacial score (nSPS) is 32.3. The van der Waals surface area contributed by atoms with Gasteiger partial charge in [0.05, 0.1) is 32.0 Å². The summed E-state index contributed by atoms with van der Waals surface area (Å²) < 4.78 is 48.1. The lowest BCUT2D eigenvalue weighted by atomic mass is 9.58. The molecule has 13 atom stereocenters. The number of carbonyl (C=O) groups is 12. The summed E-state index contributed by atoms with van der Waals surface area (Å²) in [5, 5.41) is 7.58. The minimum Gasteiger partial charge on any atom is -0.379 e. The highest BCUT2D eigenvalue weighted by molar-refractivity contribution is 6.21. The molecule has 0 aromatic heterocycles. The third-order valence-electron chi connectivity index (χ3n) is 23.7. The molecule has 3 N–H and O–H groups in total. The maximum absolute atomic E-state index is 15.7. The first-order valence-electron chi connectivity index (χ1n) is 38.0. The molecule has 0 aromatic carbocycles. The van der Waals surface area contributed by atoms with Crippen LogP contribution in [0.2, 0.25) is 0 Å². The molecule has 1 spiro atoms. The summed E-state index contributed by atoms with van der Waals surface area (Å²) in [7, 11) is 11.4. The van der Waals surface area contributed by atoms with E-state index < -0.39 is 179 Å². The zero-order valence-corrected chi connectivity index (χ0v) is 65.1. The molecule has 3 aliphatic heterocycles. The van der Waals surface area contributed by atoms with E-state index >= 15 is 28.8 Å². The van der Waals surface area contributed by atoms with Crippen LogP contribution in [-0.2, 0) is 62.3 Å². The van der Waals surface area contributed by atoms with Gasteiger partial charge in [0, 0.05) is 81.5 Å². The number of fused-ring (bicyclic) bond motifs is 3. The third kappa shape index (κ3) is 20.6. The van der Waals surface area contributed by atoms with Gasteiger partial charge in [0.25, 0.3) is 0 Å². The van der Waals surface area contributed by atoms with E-state index in [0.717, 1.165) is 53.2 Å². The van der Waals surface area contributed by atoms with Crippen LogP contribution in [-0.4, -0.2) is 276 Å². The summed E-state index contributed by atoms with van der Waals surface area (Å²) in [5.74, 6) is -10.9. The Morgan fingerprint density at radius 1 is 0.683 bits per heavy atom. The lowest BCUT2D eigenvalue weighted by molar-refractivity contribution is -0.182. The molecule has 2 saturated heterocycles. The number of halogens is 4. The molecule has 0 radical (unpaired) electrons. The number of alkyl halides is 4. The zero-order chi connectivity index (χ0) is 77.2. The van der Waals surface area contributed by atoms with Crippen LogP contribution in [0.4, 0.5) is 13.2 Å². The Morgan fingerprint density at radius 2 is 1.32 bits per heavy atom. The van der Waals surface area contributed by atoms with Crippen molar-refractivity contribution >= 4 is 82.5 Å². The van der Waals surface area contributed by atoms with Gasteiger partial charge >= 0.3 is 6.18 Å². The predicted octanol–water partition coefficient (Wildman–Crippen LogP) is 5.99. The molecule has 586 valence electrons. The summed E-state index contributed by atoms with van der Waals surface area (Å²) in [6, 6.07) is -10.2. The van der Waals surface area contributed by atoms with E-state index in [1.807, 2.05) is 33.8 Å². The lowest BCUT2D eigenvalue weighted by Gasteiger charge is -2.54. The van der Waals surface area contributed by atoms with Crippen molar-refractivity contribution in [3.63, 3.8) is 0 Å². The smallest absolute Gasteiger partial charge is 0.379 e. The van der Waals surface area contributed by atoms with Crippen LogP contribution in [0.5, 0.6) is 0 Å². The van der Waals surface area contributed by atoms with Crippen molar-refractivity contribution in [1.29, 1.82) is 0 Å². The maximum atomic E-state index is 15.7. The van der Waals surface area contributed by atoms with Crippen molar-refractivity contribution in [3.8, 4) is 0 Å². The molecule has 3 unspecified atom stereocenters. The Kier molecular flexibility index (Phi) is 29.6. The van der Waals surface area contributed by atoms with Crippen molar-refractivity contribution in [2.75, 3.05) is 95.8 Å². The molecule has 2 bridgehead atoms. The summed E-state index contributed by atoms with van der Waals surface area (Å²) in [5.41, 5.74) is -2.12. The van der Waals surface area contributed by atoms with Crippen LogP contribution in [0.15, 0.2) is 12.2 Å². The molecule has 12 amide bonds. The molecular weight excluding hydrogens is 1370 g/mol. The van der Waals surface area contributed by atoms with Crippen LogP contribution in [0.3, 0.4) is 0 Å². The number of rotatable bonds is 12. The molecular formula is C75H120ClF3N12O13. The Bertz CT molecular complexity index is 3120. The molecule has 0 aromatic rings. The largest absolute Gasteiger partial charge is 0.393 e. The minimum absolute atomic E-state index is 0.00148. The van der Waals surface area contributed by atoms with Crippen LogP contribution < -0.4 is 16.0 Å². The average Bonchev–Trinajstić information content (AvgIpc) is 0.997. The topological polar surface area (TPSA) is 279 Å². The van der Waals surface area contributed by atoms with Gasteiger partial charge in [0.15, 0.2) is 0 Å². The number of hydrogen-bond acceptors (Lipinski definition) is 13. The van der Waals surface area contributed by atoms with Gasteiger partial charge in [-0.25, -0.2) is 0 Å². The fraction of sp³-hybridized carbons (Fsp3) is 0.813. The van der Waals surface area contributed by atoms with E-state index in [9.17, 15) is 41.9 Å². The van der Waals surface area contributed by atoms with Gasteiger partial charge in [-0.3, -0.25) is 57.5 Å². The Balaban J connectivity index is 1.31. The van der Waals surface area contributed by atoms with Crippen molar-refractivity contribution in [2.24, 2.45) is 46.8 Å². The molecule has 7 rings (SSSR count). The average molecular weight is 1490 g/mol. The zero-order valence-electron chi connectivity index (χ0n) is 64.3. The number of hydrogen-bond donors (Lipinski definition) is 3. The number of nitrogens with zero attached hydrogens (tertiary/aromatic N) is 9. The van der Waals surface area contributed by atoms with Crippen LogP contribution in [0.1, 0.15) is 183 Å². The van der Waals surface area contributed by atoms with Gasteiger partial charge in [-0.2, -0.15) is 13.2 Å². The number of amides is 12. The van der Waals surface area contributed by atoms with Crippen molar-refractivity contribution in [3.05, 3.63) is 12.2 Å². The Morgan fingerprint density at radius 3 is 1.91 bits per heavy atom. The lowest BCUT2D eigenvalue weighted by Crippen LogP contribution is -2.71. The molecule has 4 aliphatic carbocycles. The quantitative estimate of drug-likeness (QED) is 0.150. The summed E-state index contributed by atoms with van der Waals surface area (Å²) >= 11 is 6.45. The summed E-state index contributed by atoms with van der Waals surface area (Å²) in [6.07, 6.45) is 5.68. The maximum Gasteiger partial charge on any atom is 0.393 e. The van der Waals surface area contributed by atoms with E-state index in [0.29, 0.717) is 31.6 Å². The first-order valence-corrected chi connectivity index (χ1v) is 38.4. The number of likely N-dealkylation sites (N-methyl/N-ethyl adjacent to an activating group) is 7. The van der Waals surface area contributed by atoms with Crippen molar-refractivity contribution in [1.82, 2.24) is 60.0 Å². The Hall–Kier alpha value is -6.58. The fourth-order valence-electron chi connectivity index (χ4n) is 17.3. The van der Waals surface area contributed by atoms with Crippen LogP contribution in [0.25, 0.3) is 0 Å². The fourth-order valence-corrected chi connectivity index (χ4v) is 17.8. The second-order valence-corrected chi connectivity index (χ2v) is 33.2. The van der Waals surface area contributed by atoms with Gasteiger partial charge < -0.3 is 64.8 Å². The third-order valence-corrected chi connectivity index (χ3v) is 24.2. The Labute approximate surface area is 618 Å². The second kappa shape index (κ2) is 36.3. The van der Waals surface area contributed by atoms with Crippen molar-refractivity contribution < 1.29 is 75.4 Å². The second-order valence-electron chi connectivity index (χ2n) is 32.6. The van der Waals surface area contributed by atoms with E-state index in [-0.39, 0.29) is 108 Å². The summed E-state index contributed by atoms with van der Waals surface area (Å²) in [6.45, 7) is 11.9.